The lowest BCUT2D eigenvalue weighted by atomic mass is 9.96. The normalized spacial score (nSPS) is 16.2. The van der Waals surface area contributed by atoms with Crippen molar-refractivity contribution in [3.63, 3.8) is 0 Å². The van der Waals surface area contributed by atoms with E-state index in [1.807, 2.05) is 43.3 Å². The number of ether oxygens (including phenoxy) is 1. The van der Waals surface area contributed by atoms with Crippen molar-refractivity contribution in [1.82, 2.24) is 4.57 Å². The molecule has 0 saturated heterocycles. The third kappa shape index (κ3) is 2.24. The van der Waals surface area contributed by atoms with Gasteiger partial charge in [-0.15, -0.1) is 0 Å². The summed E-state index contributed by atoms with van der Waals surface area (Å²) < 4.78 is 8.11. The van der Waals surface area contributed by atoms with Crippen LogP contribution in [-0.4, -0.2) is 24.6 Å². The van der Waals surface area contributed by atoms with Crippen LogP contribution in [0, 0.1) is 6.92 Å². The fraction of sp³-hybridized carbons (Fsp3) is 0.286. The summed E-state index contributed by atoms with van der Waals surface area (Å²) in [5.74, 6) is -0.239. The van der Waals surface area contributed by atoms with Gasteiger partial charge in [0.2, 0.25) is 0 Å². The van der Waals surface area contributed by atoms with Gasteiger partial charge < -0.3 is 14.2 Å². The molecule has 4 rings (SSSR count). The Labute approximate surface area is 147 Å². The van der Waals surface area contributed by atoms with Crippen molar-refractivity contribution in [2.75, 3.05) is 19.0 Å². The zero-order valence-electron chi connectivity index (χ0n) is 15.0. The second kappa shape index (κ2) is 5.66. The minimum absolute atomic E-state index is 0.239. The van der Waals surface area contributed by atoms with E-state index in [9.17, 15) is 4.79 Å². The predicted octanol–water partition coefficient (Wildman–Crippen LogP) is 4.30. The number of hydrogen-bond donors (Lipinski definition) is 0. The van der Waals surface area contributed by atoms with E-state index >= 15 is 0 Å². The average Bonchev–Trinajstić information content (AvgIpc) is 3.08. The summed E-state index contributed by atoms with van der Waals surface area (Å²) >= 11 is 0. The first-order valence-corrected chi connectivity index (χ1v) is 8.63. The Morgan fingerprint density at radius 1 is 1.16 bits per heavy atom. The van der Waals surface area contributed by atoms with Gasteiger partial charge in [0.15, 0.2) is 6.10 Å². The van der Waals surface area contributed by atoms with Crippen molar-refractivity contribution in [1.29, 1.82) is 0 Å². The largest absolute Gasteiger partial charge is 0.449 e. The molecule has 0 aliphatic carbocycles. The van der Waals surface area contributed by atoms with Crippen LogP contribution in [0.3, 0.4) is 0 Å². The van der Waals surface area contributed by atoms with Gasteiger partial charge in [-0.3, -0.25) is 0 Å². The molecule has 0 amide bonds. The maximum atomic E-state index is 12.5. The Bertz CT molecular complexity index is 985. The molecule has 1 aromatic heterocycles. The molecule has 128 valence electrons. The number of cyclic esters (lactones) is 1. The van der Waals surface area contributed by atoms with Gasteiger partial charge in [0, 0.05) is 54.1 Å². The molecule has 4 nitrogen and oxygen atoms in total. The van der Waals surface area contributed by atoms with E-state index in [0.29, 0.717) is 5.56 Å². The topological polar surface area (TPSA) is 34.5 Å². The number of aromatic nitrogens is 1. The van der Waals surface area contributed by atoms with E-state index in [1.165, 1.54) is 5.52 Å². The number of esters is 1. The van der Waals surface area contributed by atoms with Crippen molar-refractivity contribution in [3.8, 4) is 0 Å². The molecule has 1 aliphatic heterocycles. The van der Waals surface area contributed by atoms with Crippen LogP contribution in [0.2, 0.25) is 0 Å². The molecule has 2 aromatic carbocycles. The zero-order valence-corrected chi connectivity index (χ0v) is 15.0. The lowest BCUT2D eigenvalue weighted by molar-refractivity contribution is 0.0457. The Morgan fingerprint density at radius 3 is 2.64 bits per heavy atom. The SMILES string of the molecule is CCn1c(C)c(C2OC(=O)c3cc(N(C)C)ccc32)c2ccccc21. The zero-order chi connectivity index (χ0) is 17.7. The van der Waals surface area contributed by atoms with Crippen LogP contribution in [0.1, 0.15) is 40.2 Å². The van der Waals surface area contributed by atoms with E-state index in [4.69, 9.17) is 4.74 Å². The molecular formula is C21H22N2O2. The number of anilines is 1. The van der Waals surface area contributed by atoms with Crippen molar-refractivity contribution < 1.29 is 9.53 Å². The molecule has 1 unspecified atom stereocenters. The van der Waals surface area contributed by atoms with Crippen molar-refractivity contribution in [2.24, 2.45) is 0 Å². The summed E-state index contributed by atoms with van der Waals surface area (Å²) in [7, 11) is 3.94. The molecule has 0 bridgehead atoms. The summed E-state index contributed by atoms with van der Waals surface area (Å²) in [5.41, 5.74) is 6.07. The summed E-state index contributed by atoms with van der Waals surface area (Å²) in [6, 6.07) is 14.3. The number of nitrogens with zero attached hydrogens (tertiary/aromatic N) is 2. The van der Waals surface area contributed by atoms with Crippen LogP contribution < -0.4 is 4.90 Å². The summed E-state index contributed by atoms with van der Waals surface area (Å²) in [5, 5.41) is 1.16. The number of para-hydroxylation sites is 1. The lowest BCUT2D eigenvalue weighted by Gasteiger charge is -2.15. The third-order valence-corrected chi connectivity index (χ3v) is 5.14. The number of rotatable bonds is 3. The van der Waals surface area contributed by atoms with Crippen LogP contribution in [-0.2, 0) is 11.3 Å². The van der Waals surface area contributed by atoms with Crippen LogP contribution in [0.4, 0.5) is 5.69 Å². The van der Waals surface area contributed by atoms with Crippen LogP contribution >= 0.6 is 0 Å². The van der Waals surface area contributed by atoms with Crippen LogP contribution in [0.25, 0.3) is 10.9 Å². The molecule has 25 heavy (non-hydrogen) atoms. The first kappa shape index (κ1) is 15.8. The van der Waals surface area contributed by atoms with E-state index in [0.717, 1.165) is 34.4 Å². The second-order valence-corrected chi connectivity index (χ2v) is 6.71. The second-order valence-electron chi connectivity index (χ2n) is 6.71. The Balaban J connectivity index is 1.93. The minimum Gasteiger partial charge on any atom is -0.449 e. The number of fused-ring (bicyclic) bond motifs is 2. The molecule has 0 fully saturated rings. The van der Waals surface area contributed by atoms with E-state index in [1.54, 1.807) is 0 Å². The molecule has 0 saturated carbocycles. The minimum atomic E-state index is -0.337. The molecule has 0 radical (unpaired) electrons. The van der Waals surface area contributed by atoms with Gasteiger partial charge in [0.25, 0.3) is 0 Å². The van der Waals surface area contributed by atoms with Gasteiger partial charge in [-0.1, -0.05) is 24.3 Å². The fourth-order valence-corrected chi connectivity index (χ4v) is 3.87. The standard InChI is InChI=1S/C21H22N2O2/c1-5-23-13(2)19(16-8-6-7-9-18(16)23)20-15-11-10-14(22(3)4)12-17(15)21(24)25-20/h6-12,20H,5H2,1-4H3. The molecule has 4 heteroatoms. The van der Waals surface area contributed by atoms with Gasteiger partial charge >= 0.3 is 5.97 Å². The molecule has 2 heterocycles. The van der Waals surface area contributed by atoms with Gasteiger partial charge in [-0.2, -0.15) is 0 Å². The van der Waals surface area contributed by atoms with Crippen molar-refractivity contribution >= 4 is 22.6 Å². The monoisotopic (exact) mass is 334 g/mol. The average molecular weight is 334 g/mol. The third-order valence-electron chi connectivity index (χ3n) is 5.14. The van der Waals surface area contributed by atoms with E-state index in [-0.39, 0.29) is 12.1 Å². The highest BCUT2D eigenvalue weighted by Crippen LogP contribution is 2.42. The highest BCUT2D eigenvalue weighted by atomic mass is 16.5. The van der Waals surface area contributed by atoms with Gasteiger partial charge in [-0.05, 0) is 32.0 Å². The summed E-state index contributed by atoms with van der Waals surface area (Å²) in [4.78, 5) is 14.5. The Kier molecular flexibility index (Phi) is 3.57. The van der Waals surface area contributed by atoms with Gasteiger partial charge in [-0.25, -0.2) is 4.79 Å². The van der Waals surface area contributed by atoms with Crippen LogP contribution in [0.15, 0.2) is 42.5 Å². The summed E-state index contributed by atoms with van der Waals surface area (Å²) in [6.45, 7) is 5.14. The maximum absolute atomic E-state index is 12.5. The molecule has 0 spiro atoms. The van der Waals surface area contributed by atoms with Crippen LogP contribution in [0.5, 0.6) is 0 Å². The highest BCUT2D eigenvalue weighted by molar-refractivity contribution is 5.97. The number of benzene rings is 2. The molecule has 0 N–H and O–H groups in total. The lowest BCUT2D eigenvalue weighted by Crippen LogP contribution is -2.09. The fourth-order valence-electron chi connectivity index (χ4n) is 3.87. The number of carbonyl (C=O) groups is 1. The number of carbonyl (C=O) groups excluding carboxylic acids is 1. The highest BCUT2D eigenvalue weighted by Gasteiger charge is 2.35. The predicted molar refractivity (Wildman–Crippen MR) is 100 cm³/mol. The van der Waals surface area contributed by atoms with E-state index < -0.39 is 0 Å². The first-order chi connectivity index (χ1) is 12.0. The molecule has 3 aromatic rings. The quantitative estimate of drug-likeness (QED) is 0.670. The maximum Gasteiger partial charge on any atom is 0.339 e. The van der Waals surface area contributed by atoms with Gasteiger partial charge in [0.05, 0.1) is 5.56 Å². The number of aryl methyl sites for hydroxylation is 1. The molecular weight excluding hydrogens is 312 g/mol. The number of hydrogen-bond acceptors (Lipinski definition) is 3. The van der Waals surface area contributed by atoms with Crippen molar-refractivity contribution in [2.45, 2.75) is 26.5 Å². The molecule has 1 atom stereocenters. The smallest absolute Gasteiger partial charge is 0.339 e. The first-order valence-electron chi connectivity index (χ1n) is 8.63. The molecule has 1 aliphatic rings. The van der Waals surface area contributed by atoms with Gasteiger partial charge in [0.1, 0.15) is 0 Å². The van der Waals surface area contributed by atoms with E-state index in [2.05, 4.69) is 36.6 Å². The Morgan fingerprint density at radius 2 is 1.92 bits per heavy atom. The Hall–Kier alpha value is -2.75. The van der Waals surface area contributed by atoms with Crippen molar-refractivity contribution in [3.05, 3.63) is 64.8 Å². The summed E-state index contributed by atoms with van der Waals surface area (Å²) in [6.07, 6.45) is -0.337.